The number of rotatable bonds is 7. The first-order valence-electron chi connectivity index (χ1n) is 9.69. The molecular weight excluding hydrogens is 330 g/mol. The standard InChI is InChI=1S/C20H31N3OS/c24-20(6-3-18-7-10-21-11-8-18)22-19-4-1-17(2-5-19)9-12-23-13-15-25-16-14-23/h1-2,4-5,18,21H,3,6-16H2,(H,22,24). The summed E-state index contributed by atoms with van der Waals surface area (Å²) in [6.07, 6.45) is 5.16. The minimum atomic E-state index is 0.150. The summed E-state index contributed by atoms with van der Waals surface area (Å²) in [5.41, 5.74) is 2.28. The maximum absolute atomic E-state index is 12.1. The third-order valence-electron chi connectivity index (χ3n) is 5.30. The third-order valence-corrected chi connectivity index (χ3v) is 6.24. The van der Waals surface area contributed by atoms with Crippen molar-refractivity contribution in [2.45, 2.75) is 32.1 Å². The summed E-state index contributed by atoms with van der Waals surface area (Å²) < 4.78 is 0. The molecular formula is C20H31N3OS. The van der Waals surface area contributed by atoms with Gasteiger partial charge in [-0.1, -0.05) is 12.1 Å². The van der Waals surface area contributed by atoms with Gasteiger partial charge in [0, 0.05) is 43.2 Å². The van der Waals surface area contributed by atoms with Crippen LogP contribution >= 0.6 is 11.8 Å². The Hall–Kier alpha value is -1.04. The molecule has 138 valence electrons. The van der Waals surface area contributed by atoms with Crippen molar-refractivity contribution < 1.29 is 4.79 Å². The van der Waals surface area contributed by atoms with E-state index in [0.29, 0.717) is 12.3 Å². The van der Waals surface area contributed by atoms with E-state index in [0.717, 1.165) is 38.2 Å². The normalized spacial score (nSPS) is 19.7. The summed E-state index contributed by atoms with van der Waals surface area (Å²) in [7, 11) is 0. The Bertz CT molecular complexity index is 522. The van der Waals surface area contributed by atoms with Crippen molar-refractivity contribution in [1.82, 2.24) is 10.2 Å². The lowest BCUT2D eigenvalue weighted by Crippen LogP contribution is -2.34. The fraction of sp³-hybridized carbons (Fsp3) is 0.650. The molecule has 2 aliphatic heterocycles. The number of carbonyl (C=O) groups excluding carboxylic acids is 1. The van der Waals surface area contributed by atoms with Gasteiger partial charge in [-0.05, 0) is 62.4 Å². The Balaban J connectivity index is 1.36. The van der Waals surface area contributed by atoms with Crippen LogP contribution in [-0.2, 0) is 11.2 Å². The van der Waals surface area contributed by atoms with E-state index in [1.54, 1.807) is 0 Å². The van der Waals surface area contributed by atoms with E-state index < -0.39 is 0 Å². The number of benzene rings is 1. The topological polar surface area (TPSA) is 44.4 Å². The average molecular weight is 362 g/mol. The monoisotopic (exact) mass is 361 g/mol. The molecule has 0 spiro atoms. The first-order valence-corrected chi connectivity index (χ1v) is 10.8. The van der Waals surface area contributed by atoms with Gasteiger partial charge in [0.05, 0.1) is 0 Å². The van der Waals surface area contributed by atoms with Gasteiger partial charge in [-0.15, -0.1) is 0 Å². The lowest BCUT2D eigenvalue weighted by atomic mass is 9.93. The van der Waals surface area contributed by atoms with Gasteiger partial charge in [0.25, 0.3) is 0 Å². The maximum atomic E-state index is 12.1. The fourth-order valence-electron chi connectivity index (χ4n) is 3.60. The maximum Gasteiger partial charge on any atom is 0.224 e. The first kappa shape index (κ1) is 18.7. The Morgan fingerprint density at radius 2 is 1.88 bits per heavy atom. The van der Waals surface area contributed by atoms with E-state index in [1.165, 1.54) is 43.0 Å². The largest absolute Gasteiger partial charge is 0.326 e. The number of nitrogens with one attached hydrogen (secondary N) is 2. The zero-order valence-electron chi connectivity index (χ0n) is 15.1. The van der Waals surface area contributed by atoms with Crippen LogP contribution < -0.4 is 10.6 Å². The molecule has 0 aromatic heterocycles. The second-order valence-corrected chi connectivity index (χ2v) is 8.41. The number of nitrogens with zero attached hydrogens (tertiary/aromatic N) is 1. The van der Waals surface area contributed by atoms with Gasteiger partial charge < -0.3 is 15.5 Å². The molecule has 2 aliphatic rings. The molecule has 3 rings (SSSR count). The van der Waals surface area contributed by atoms with Crippen LogP contribution in [0.4, 0.5) is 5.69 Å². The van der Waals surface area contributed by atoms with Crippen molar-refractivity contribution in [3.63, 3.8) is 0 Å². The Morgan fingerprint density at radius 1 is 1.16 bits per heavy atom. The third kappa shape index (κ3) is 6.65. The van der Waals surface area contributed by atoms with Crippen LogP contribution in [0.25, 0.3) is 0 Å². The predicted molar refractivity (Wildman–Crippen MR) is 107 cm³/mol. The highest BCUT2D eigenvalue weighted by Crippen LogP contribution is 2.18. The van der Waals surface area contributed by atoms with E-state index >= 15 is 0 Å². The summed E-state index contributed by atoms with van der Waals surface area (Å²) in [6, 6.07) is 8.40. The van der Waals surface area contributed by atoms with Crippen LogP contribution in [-0.4, -0.2) is 55.0 Å². The van der Waals surface area contributed by atoms with Gasteiger partial charge in [0.15, 0.2) is 0 Å². The van der Waals surface area contributed by atoms with Crippen LogP contribution in [0.3, 0.4) is 0 Å². The highest BCUT2D eigenvalue weighted by Gasteiger charge is 2.14. The molecule has 0 aliphatic carbocycles. The van der Waals surface area contributed by atoms with Crippen LogP contribution in [0.5, 0.6) is 0 Å². The minimum absolute atomic E-state index is 0.150. The molecule has 4 nitrogen and oxygen atoms in total. The SMILES string of the molecule is O=C(CCC1CCNCC1)Nc1ccc(CCN2CCSCC2)cc1. The van der Waals surface area contributed by atoms with Crippen molar-refractivity contribution >= 4 is 23.4 Å². The molecule has 0 saturated carbocycles. The number of piperidine rings is 1. The van der Waals surface area contributed by atoms with Gasteiger partial charge in [0.1, 0.15) is 0 Å². The van der Waals surface area contributed by atoms with Gasteiger partial charge in [-0.2, -0.15) is 11.8 Å². The molecule has 2 heterocycles. The molecule has 1 aromatic carbocycles. The van der Waals surface area contributed by atoms with Gasteiger partial charge >= 0.3 is 0 Å². The molecule has 25 heavy (non-hydrogen) atoms. The zero-order valence-corrected chi connectivity index (χ0v) is 16.0. The Labute approximate surface area is 156 Å². The van der Waals surface area contributed by atoms with E-state index in [2.05, 4.69) is 39.4 Å². The van der Waals surface area contributed by atoms with Gasteiger partial charge in [0.2, 0.25) is 5.91 Å². The van der Waals surface area contributed by atoms with Crippen LogP contribution in [0, 0.1) is 5.92 Å². The van der Waals surface area contributed by atoms with Crippen molar-refractivity contribution in [3.8, 4) is 0 Å². The molecule has 0 bridgehead atoms. The average Bonchev–Trinajstić information content (AvgIpc) is 2.67. The van der Waals surface area contributed by atoms with Gasteiger partial charge in [-0.3, -0.25) is 4.79 Å². The first-order chi connectivity index (χ1) is 12.3. The summed E-state index contributed by atoms with van der Waals surface area (Å²) in [5, 5.41) is 6.42. The summed E-state index contributed by atoms with van der Waals surface area (Å²) in [6.45, 7) is 5.78. The molecule has 0 unspecified atom stereocenters. The van der Waals surface area contributed by atoms with E-state index in [4.69, 9.17) is 0 Å². The second kappa shape index (κ2) is 10.2. The van der Waals surface area contributed by atoms with Crippen LogP contribution in [0.1, 0.15) is 31.2 Å². The number of anilines is 1. The molecule has 2 N–H and O–H groups in total. The molecule has 1 aromatic rings. The summed E-state index contributed by atoms with van der Waals surface area (Å²) in [5.74, 6) is 3.39. The Kier molecular flexibility index (Phi) is 7.64. The summed E-state index contributed by atoms with van der Waals surface area (Å²) in [4.78, 5) is 14.7. The molecule has 5 heteroatoms. The summed E-state index contributed by atoms with van der Waals surface area (Å²) >= 11 is 2.06. The second-order valence-electron chi connectivity index (χ2n) is 7.18. The number of carbonyl (C=O) groups is 1. The van der Waals surface area contributed by atoms with Crippen LogP contribution in [0.2, 0.25) is 0 Å². The Morgan fingerprint density at radius 3 is 2.60 bits per heavy atom. The fourth-order valence-corrected chi connectivity index (χ4v) is 4.57. The molecule has 0 radical (unpaired) electrons. The van der Waals surface area contributed by atoms with Gasteiger partial charge in [-0.25, -0.2) is 0 Å². The van der Waals surface area contributed by atoms with Crippen molar-refractivity contribution in [2.75, 3.05) is 49.5 Å². The molecule has 2 saturated heterocycles. The van der Waals surface area contributed by atoms with Crippen molar-refractivity contribution in [1.29, 1.82) is 0 Å². The number of hydrogen-bond acceptors (Lipinski definition) is 4. The predicted octanol–water partition coefficient (Wildman–Crippen LogP) is 3.00. The number of thioether (sulfide) groups is 1. The quantitative estimate of drug-likeness (QED) is 0.784. The minimum Gasteiger partial charge on any atom is -0.326 e. The number of hydrogen-bond donors (Lipinski definition) is 2. The number of amides is 1. The van der Waals surface area contributed by atoms with E-state index in [-0.39, 0.29) is 5.91 Å². The van der Waals surface area contributed by atoms with E-state index in [1.807, 2.05) is 12.1 Å². The highest BCUT2D eigenvalue weighted by molar-refractivity contribution is 7.99. The zero-order chi connectivity index (χ0) is 17.3. The van der Waals surface area contributed by atoms with Crippen LogP contribution in [0.15, 0.2) is 24.3 Å². The van der Waals surface area contributed by atoms with Crippen molar-refractivity contribution in [3.05, 3.63) is 29.8 Å². The lowest BCUT2D eigenvalue weighted by molar-refractivity contribution is -0.116. The highest BCUT2D eigenvalue weighted by atomic mass is 32.2. The molecule has 1 amide bonds. The molecule has 0 atom stereocenters. The molecule has 2 fully saturated rings. The van der Waals surface area contributed by atoms with Crippen molar-refractivity contribution in [2.24, 2.45) is 5.92 Å². The van der Waals surface area contributed by atoms with E-state index in [9.17, 15) is 4.79 Å². The smallest absolute Gasteiger partial charge is 0.224 e. The lowest BCUT2D eigenvalue weighted by Gasteiger charge is -2.26.